The van der Waals surface area contributed by atoms with Crippen molar-refractivity contribution in [1.29, 1.82) is 0 Å². The number of nitrogens with one attached hydrogen (secondary N) is 2. The molecule has 7 heteroatoms. The Labute approximate surface area is 114 Å². The van der Waals surface area contributed by atoms with Crippen LogP contribution in [0.1, 0.15) is 26.2 Å². The number of unbranched alkanes of at least 4 members (excludes halogenated alkanes) is 1. The Morgan fingerprint density at radius 3 is 2.63 bits per heavy atom. The minimum atomic E-state index is -0.653. The van der Waals surface area contributed by atoms with Gasteiger partial charge in [-0.1, -0.05) is 6.58 Å². The van der Waals surface area contributed by atoms with Crippen molar-refractivity contribution < 1.29 is 19.1 Å². The van der Waals surface area contributed by atoms with E-state index >= 15 is 0 Å². The van der Waals surface area contributed by atoms with E-state index in [1.807, 2.05) is 0 Å². The summed E-state index contributed by atoms with van der Waals surface area (Å²) in [6.07, 6.45) is 2.84. The summed E-state index contributed by atoms with van der Waals surface area (Å²) in [6.45, 7) is 5.79. The van der Waals surface area contributed by atoms with Crippen molar-refractivity contribution in [1.82, 2.24) is 10.5 Å². The summed E-state index contributed by atoms with van der Waals surface area (Å²) in [5.74, 6) is -0.815. The molecule has 6 nitrogen and oxygen atoms in total. The van der Waals surface area contributed by atoms with Gasteiger partial charge in [-0.25, -0.2) is 4.79 Å². The molecule has 0 aliphatic rings. The van der Waals surface area contributed by atoms with Gasteiger partial charge in [0, 0.05) is 5.57 Å². The lowest BCUT2D eigenvalue weighted by atomic mass is 9.98. The molecule has 0 aromatic heterocycles. The van der Waals surface area contributed by atoms with Crippen molar-refractivity contribution in [3.05, 3.63) is 12.2 Å². The van der Waals surface area contributed by atoms with Crippen LogP contribution in [0.5, 0.6) is 0 Å². The first-order valence-corrected chi connectivity index (χ1v) is 6.21. The molecule has 0 fully saturated rings. The number of hydrogen-bond acceptors (Lipinski definition) is 5. The van der Waals surface area contributed by atoms with Crippen LogP contribution in [0.25, 0.3) is 0 Å². The second-order valence-corrected chi connectivity index (χ2v) is 4.20. The van der Waals surface area contributed by atoms with E-state index in [0.717, 1.165) is 19.0 Å². The van der Waals surface area contributed by atoms with Gasteiger partial charge in [0.2, 0.25) is 5.91 Å². The van der Waals surface area contributed by atoms with Crippen LogP contribution in [0.3, 0.4) is 0 Å². The molecule has 0 saturated carbocycles. The van der Waals surface area contributed by atoms with Gasteiger partial charge in [-0.2, -0.15) is 0 Å². The van der Waals surface area contributed by atoms with Crippen LogP contribution in [0.2, 0.25) is 0 Å². The summed E-state index contributed by atoms with van der Waals surface area (Å²) in [6, 6.07) is -0.653. The smallest absolute Gasteiger partial charge is 0.328 e. The molecule has 0 saturated heterocycles. The third-order valence-electron chi connectivity index (χ3n) is 2.50. The lowest BCUT2D eigenvalue weighted by molar-refractivity contribution is -0.144. The van der Waals surface area contributed by atoms with Gasteiger partial charge in [-0.05, 0) is 32.7 Å². The molecule has 0 rings (SSSR count). The maximum Gasteiger partial charge on any atom is 0.328 e. The molecule has 0 bridgehead atoms. The first-order chi connectivity index (χ1) is 9.02. The van der Waals surface area contributed by atoms with Gasteiger partial charge in [-0.3, -0.25) is 4.79 Å². The van der Waals surface area contributed by atoms with Crippen molar-refractivity contribution in [2.75, 3.05) is 13.7 Å². The highest BCUT2D eigenvalue weighted by molar-refractivity contribution is 6.64. The molecular weight excluding hydrogens is 247 g/mol. The largest absolute Gasteiger partial charge is 0.467 e. The fourth-order valence-electron chi connectivity index (χ4n) is 1.43. The van der Waals surface area contributed by atoms with Gasteiger partial charge in [0.1, 0.15) is 6.04 Å². The van der Waals surface area contributed by atoms with Crippen LogP contribution < -0.4 is 10.5 Å². The van der Waals surface area contributed by atoms with Crippen molar-refractivity contribution in [3.63, 3.8) is 0 Å². The summed E-state index contributed by atoms with van der Waals surface area (Å²) in [7, 11) is 1.61. The van der Waals surface area contributed by atoms with Gasteiger partial charge in [0.05, 0.1) is 13.3 Å². The van der Waals surface area contributed by atoms with Gasteiger partial charge in [-0.15, -0.1) is 0 Å². The molecule has 0 aliphatic heterocycles. The van der Waals surface area contributed by atoms with Crippen LogP contribution in [-0.2, 0) is 19.1 Å². The number of esters is 1. The molecule has 1 atom stereocenters. The molecule has 0 spiro atoms. The Bertz CT molecular complexity index is 334. The van der Waals surface area contributed by atoms with Crippen molar-refractivity contribution >= 4 is 25.5 Å². The Balaban J connectivity index is 4.07. The van der Waals surface area contributed by atoms with E-state index in [1.165, 1.54) is 7.11 Å². The normalized spacial score (nSPS) is 11.3. The average Bonchev–Trinajstić information content (AvgIpc) is 2.39. The second-order valence-electron chi connectivity index (χ2n) is 4.20. The number of hydrogen-bond donors (Lipinski definition) is 2. The number of carbonyl (C=O) groups is 3. The maximum atomic E-state index is 11.5. The Morgan fingerprint density at radius 2 is 2.11 bits per heavy atom. The zero-order chi connectivity index (χ0) is 14.7. The van der Waals surface area contributed by atoms with Crippen molar-refractivity contribution in [2.45, 2.75) is 32.2 Å². The van der Waals surface area contributed by atoms with Gasteiger partial charge in [0.15, 0.2) is 0 Å². The lowest BCUT2D eigenvalue weighted by Gasteiger charge is -2.16. The average molecular weight is 268 g/mol. The standard InChI is InChI=1S/C12H21BN2O4/c1-9(2)11(17)15-10(12(18)19-3)6-4-5-7-14-13-8-16/h8,10,13-14H,1,4-7H2,2-3H3,(H,15,17). The first kappa shape index (κ1) is 17.4. The SMILES string of the molecule is C=C(C)C(=O)NC(CCCCNBC=O)C(=O)OC. The number of ether oxygens (including phenoxy) is 1. The zero-order valence-electron chi connectivity index (χ0n) is 11.5. The molecule has 1 unspecified atom stereocenters. The summed E-state index contributed by atoms with van der Waals surface area (Å²) < 4.78 is 4.64. The van der Waals surface area contributed by atoms with Gasteiger partial charge in [0.25, 0.3) is 7.41 Å². The van der Waals surface area contributed by atoms with Crippen LogP contribution in [0.15, 0.2) is 12.2 Å². The minimum Gasteiger partial charge on any atom is -0.467 e. The van der Waals surface area contributed by atoms with E-state index in [0.29, 0.717) is 26.0 Å². The van der Waals surface area contributed by atoms with Gasteiger partial charge >= 0.3 is 5.97 Å². The first-order valence-electron chi connectivity index (χ1n) is 6.21. The van der Waals surface area contributed by atoms with E-state index in [9.17, 15) is 14.4 Å². The fourth-order valence-corrected chi connectivity index (χ4v) is 1.43. The fraction of sp³-hybridized carbons (Fsp3) is 0.583. The third kappa shape index (κ3) is 8.15. The highest BCUT2D eigenvalue weighted by atomic mass is 16.5. The monoisotopic (exact) mass is 268 g/mol. The second kappa shape index (κ2) is 10.3. The van der Waals surface area contributed by atoms with Crippen LogP contribution in [-0.4, -0.2) is 45.2 Å². The third-order valence-corrected chi connectivity index (χ3v) is 2.50. The molecule has 1 amide bonds. The van der Waals surface area contributed by atoms with Crippen LogP contribution in [0, 0.1) is 0 Å². The summed E-state index contributed by atoms with van der Waals surface area (Å²) in [5, 5.41) is 5.50. The molecule has 19 heavy (non-hydrogen) atoms. The highest BCUT2D eigenvalue weighted by Gasteiger charge is 2.20. The Kier molecular flexibility index (Phi) is 9.43. The predicted octanol–water partition coefficient (Wildman–Crippen LogP) is -0.478. The quantitative estimate of drug-likeness (QED) is 0.184. The molecule has 106 valence electrons. The summed E-state index contributed by atoms with van der Waals surface area (Å²) >= 11 is 0. The topological polar surface area (TPSA) is 84.5 Å². The Morgan fingerprint density at radius 1 is 1.42 bits per heavy atom. The van der Waals surface area contributed by atoms with E-state index < -0.39 is 12.0 Å². The highest BCUT2D eigenvalue weighted by Crippen LogP contribution is 2.03. The lowest BCUT2D eigenvalue weighted by Crippen LogP contribution is -2.41. The molecule has 0 heterocycles. The molecule has 0 aromatic rings. The number of carbonyl (C=O) groups excluding carboxylic acids is 3. The van der Waals surface area contributed by atoms with E-state index in [1.54, 1.807) is 6.92 Å². The van der Waals surface area contributed by atoms with Crippen molar-refractivity contribution in [3.8, 4) is 0 Å². The van der Waals surface area contributed by atoms with Crippen LogP contribution >= 0.6 is 0 Å². The minimum absolute atomic E-state index is 0.326. The van der Waals surface area contributed by atoms with E-state index in [-0.39, 0.29) is 5.91 Å². The molecule has 0 aromatic carbocycles. The Hall–Kier alpha value is -1.63. The summed E-state index contributed by atoms with van der Waals surface area (Å²) in [5.41, 5.74) is 0.349. The van der Waals surface area contributed by atoms with Gasteiger partial charge < -0.3 is 20.1 Å². The molecule has 2 N–H and O–H groups in total. The number of rotatable bonds is 10. The van der Waals surface area contributed by atoms with E-state index in [2.05, 4.69) is 21.9 Å². The van der Waals surface area contributed by atoms with Crippen molar-refractivity contribution in [2.24, 2.45) is 0 Å². The maximum absolute atomic E-state index is 11.5. The molecular formula is C12H21BN2O4. The zero-order valence-corrected chi connectivity index (χ0v) is 11.5. The van der Waals surface area contributed by atoms with E-state index in [4.69, 9.17) is 0 Å². The predicted molar refractivity (Wildman–Crippen MR) is 74.5 cm³/mol. The number of amides is 1. The van der Waals surface area contributed by atoms with Crippen LogP contribution in [0.4, 0.5) is 0 Å². The summed E-state index contributed by atoms with van der Waals surface area (Å²) in [4.78, 5) is 33.1. The number of methoxy groups -OCH3 is 1. The molecule has 0 aliphatic carbocycles. The molecule has 0 radical (unpaired) electrons.